The Morgan fingerprint density at radius 3 is 2.50 bits per heavy atom. The molecule has 96 valence electrons. The molecule has 0 spiro atoms. The quantitative estimate of drug-likeness (QED) is 0.571. The number of carbonyl (C=O) groups excluding carboxylic acids is 1. The predicted molar refractivity (Wildman–Crippen MR) is 76.0 cm³/mol. The van der Waals surface area contributed by atoms with E-state index in [0.29, 0.717) is 5.78 Å². The Labute approximate surface area is 109 Å². The molecule has 2 nitrogen and oxygen atoms in total. The average molecular weight is 243 g/mol. The number of hydrogen-bond donors (Lipinski definition) is 0. The molecule has 18 heavy (non-hydrogen) atoms. The summed E-state index contributed by atoms with van der Waals surface area (Å²) in [6.45, 7) is 5.94. The zero-order chi connectivity index (χ0) is 13.1. The van der Waals surface area contributed by atoms with Crippen LogP contribution in [0.1, 0.15) is 54.1 Å². The molecule has 1 aromatic rings. The van der Waals surface area contributed by atoms with Gasteiger partial charge >= 0.3 is 0 Å². The molecule has 0 unspecified atom stereocenters. The van der Waals surface area contributed by atoms with E-state index in [1.54, 1.807) is 6.21 Å². The third-order valence-electron chi connectivity index (χ3n) is 3.80. The van der Waals surface area contributed by atoms with Crippen molar-refractivity contribution in [2.75, 3.05) is 0 Å². The molecule has 1 aromatic carbocycles. The van der Waals surface area contributed by atoms with Gasteiger partial charge in [-0.25, -0.2) is 0 Å². The number of hydrogen-bond acceptors (Lipinski definition) is 2. The van der Waals surface area contributed by atoms with Crippen molar-refractivity contribution in [1.82, 2.24) is 0 Å². The molecule has 2 heteroatoms. The Bertz CT molecular complexity index is 482. The second kappa shape index (κ2) is 5.47. The van der Waals surface area contributed by atoms with Crippen molar-refractivity contribution in [3.05, 3.63) is 28.8 Å². The molecular weight excluding hydrogens is 222 g/mol. The maximum atomic E-state index is 12.5. The van der Waals surface area contributed by atoms with Gasteiger partial charge in [0, 0.05) is 17.7 Å². The molecule has 0 amide bonds. The predicted octanol–water partition coefficient (Wildman–Crippen LogP) is 4.40. The Morgan fingerprint density at radius 2 is 1.89 bits per heavy atom. The van der Waals surface area contributed by atoms with E-state index in [1.165, 1.54) is 12.8 Å². The first-order chi connectivity index (χ1) is 8.63. The van der Waals surface area contributed by atoms with Gasteiger partial charge in [0.2, 0.25) is 0 Å². The van der Waals surface area contributed by atoms with Crippen molar-refractivity contribution in [2.45, 2.75) is 46.5 Å². The Kier molecular flexibility index (Phi) is 3.95. The SMILES string of the molecule is C/C=N/c1cc(C)c(C(=O)C2CCCC2)cc1C. The van der Waals surface area contributed by atoms with E-state index in [9.17, 15) is 4.79 Å². The summed E-state index contributed by atoms with van der Waals surface area (Å²) in [5, 5.41) is 0. The molecule has 0 N–H and O–H groups in total. The van der Waals surface area contributed by atoms with E-state index in [2.05, 4.69) is 4.99 Å². The van der Waals surface area contributed by atoms with Gasteiger partial charge in [-0.3, -0.25) is 9.79 Å². The lowest BCUT2D eigenvalue weighted by Gasteiger charge is -2.12. The second-order valence-electron chi connectivity index (χ2n) is 5.19. The van der Waals surface area contributed by atoms with Gasteiger partial charge < -0.3 is 0 Å². The van der Waals surface area contributed by atoms with Crippen LogP contribution < -0.4 is 0 Å². The molecule has 0 atom stereocenters. The molecule has 2 rings (SSSR count). The fourth-order valence-electron chi connectivity index (χ4n) is 2.75. The number of nitrogens with zero attached hydrogens (tertiary/aromatic N) is 1. The summed E-state index contributed by atoms with van der Waals surface area (Å²) in [7, 11) is 0. The molecule has 0 aliphatic heterocycles. The molecular formula is C16H21NO. The summed E-state index contributed by atoms with van der Waals surface area (Å²) in [5.41, 5.74) is 4.01. The molecule has 0 aromatic heterocycles. The molecule has 0 bridgehead atoms. The van der Waals surface area contributed by atoms with Crippen LogP contribution in [0.3, 0.4) is 0 Å². The summed E-state index contributed by atoms with van der Waals surface area (Å²) < 4.78 is 0. The average Bonchev–Trinajstić information content (AvgIpc) is 2.86. The van der Waals surface area contributed by atoms with E-state index in [-0.39, 0.29) is 5.92 Å². The highest BCUT2D eigenvalue weighted by Crippen LogP contribution is 2.31. The number of aryl methyl sites for hydroxylation is 2. The number of Topliss-reactive ketones (excluding diaryl/α,β-unsaturated/α-hetero) is 1. The van der Waals surface area contributed by atoms with Crippen LogP contribution in [0.4, 0.5) is 5.69 Å². The van der Waals surface area contributed by atoms with Gasteiger partial charge in [-0.05, 0) is 56.9 Å². The van der Waals surface area contributed by atoms with Gasteiger partial charge in [0.05, 0.1) is 5.69 Å². The molecule has 1 saturated carbocycles. The minimum absolute atomic E-state index is 0.253. The topological polar surface area (TPSA) is 29.4 Å². The lowest BCUT2D eigenvalue weighted by atomic mass is 9.92. The van der Waals surface area contributed by atoms with E-state index >= 15 is 0 Å². The molecule has 0 radical (unpaired) electrons. The van der Waals surface area contributed by atoms with E-state index < -0.39 is 0 Å². The van der Waals surface area contributed by atoms with Gasteiger partial charge in [0.15, 0.2) is 5.78 Å². The third kappa shape index (κ3) is 2.53. The summed E-state index contributed by atoms with van der Waals surface area (Å²) in [6, 6.07) is 4.04. The van der Waals surface area contributed by atoms with Gasteiger partial charge in [0.25, 0.3) is 0 Å². The lowest BCUT2D eigenvalue weighted by Crippen LogP contribution is -2.12. The summed E-state index contributed by atoms with van der Waals surface area (Å²) in [6.07, 6.45) is 6.32. The smallest absolute Gasteiger partial charge is 0.166 e. The van der Waals surface area contributed by atoms with Crippen LogP contribution in [0.5, 0.6) is 0 Å². The fourth-order valence-corrected chi connectivity index (χ4v) is 2.75. The molecule has 0 heterocycles. The Hall–Kier alpha value is -1.44. The number of benzene rings is 1. The molecule has 1 aliphatic carbocycles. The van der Waals surface area contributed by atoms with E-state index in [4.69, 9.17) is 0 Å². The third-order valence-corrected chi connectivity index (χ3v) is 3.80. The van der Waals surface area contributed by atoms with Gasteiger partial charge in [-0.2, -0.15) is 0 Å². The van der Waals surface area contributed by atoms with Crippen molar-refractivity contribution in [3.63, 3.8) is 0 Å². The first-order valence-corrected chi connectivity index (χ1v) is 6.77. The minimum atomic E-state index is 0.253. The fraction of sp³-hybridized carbons (Fsp3) is 0.500. The zero-order valence-corrected chi connectivity index (χ0v) is 11.5. The van der Waals surface area contributed by atoms with Crippen LogP contribution in [-0.4, -0.2) is 12.0 Å². The van der Waals surface area contributed by atoms with Crippen LogP contribution in [0.15, 0.2) is 17.1 Å². The van der Waals surface area contributed by atoms with Crippen molar-refractivity contribution >= 4 is 17.7 Å². The van der Waals surface area contributed by atoms with E-state index in [1.807, 2.05) is 32.9 Å². The number of carbonyl (C=O) groups is 1. The summed E-state index contributed by atoms with van der Waals surface area (Å²) in [4.78, 5) is 16.8. The van der Waals surface area contributed by atoms with E-state index in [0.717, 1.165) is 35.2 Å². The van der Waals surface area contributed by atoms with Gasteiger partial charge in [0.1, 0.15) is 0 Å². The highest BCUT2D eigenvalue weighted by Gasteiger charge is 2.25. The lowest BCUT2D eigenvalue weighted by molar-refractivity contribution is 0.0922. The highest BCUT2D eigenvalue weighted by atomic mass is 16.1. The Morgan fingerprint density at radius 1 is 1.22 bits per heavy atom. The highest BCUT2D eigenvalue weighted by molar-refractivity contribution is 6.00. The van der Waals surface area contributed by atoms with Crippen LogP contribution in [0, 0.1) is 19.8 Å². The zero-order valence-electron chi connectivity index (χ0n) is 11.5. The molecule has 1 fully saturated rings. The van der Waals surface area contributed by atoms with Crippen molar-refractivity contribution < 1.29 is 4.79 Å². The number of aliphatic imine (C=N–C) groups is 1. The van der Waals surface area contributed by atoms with Crippen LogP contribution in [-0.2, 0) is 0 Å². The Balaban J connectivity index is 2.33. The number of ketones is 1. The molecule has 1 aliphatic rings. The standard InChI is InChI=1S/C16H21NO/c1-4-17-15-10-11(2)14(9-12(15)3)16(18)13-7-5-6-8-13/h4,9-10,13H,5-8H2,1-3H3/b17-4+. The van der Waals surface area contributed by atoms with Crippen molar-refractivity contribution in [1.29, 1.82) is 0 Å². The summed E-state index contributed by atoms with van der Waals surface area (Å²) in [5.74, 6) is 0.587. The maximum Gasteiger partial charge on any atom is 0.166 e. The van der Waals surface area contributed by atoms with Crippen LogP contribution in [0.2, 0.25) is 0 Å². The normalized spacial score (nSPS) is 16.6. The van der Waals surface area contributed by atoms with Crippen LogP contribution >= 0.6 is 0 Å². The van der Waals surface area contributed by atoms with Gasteiger partial charge in [-0.15, -0.1) is 0 Å². The van der Waals surface area contributed by atoms with Gasteiger partial charge in [-0.1, -0.05) is 12.8 Å². The molecule has 0 saturated heterocycles. The van der Waals surface area contributed by atoms with Crippen LogP contribution in [0.25, 0.3) is 0 Å². The number of rotatable bonds is 3. The first-order valence-electron chi connectivity index (χ1n) is 6.77. The maximum absolute atomic E-state index is 12.5. The second-order valence-corrected chi connectivity index (χ2v) is 5.19. The monoisotopic (exact) mass is 243 g/mol. The minimum Gasteiger partial charge on any atom is -0.294 e. The first kappa shape index (κ1) is 13.0. The van der Waals surface area contributed by atoms with Crippen molar-refractivity contribution in [2.24, 2.45) is 10.9 Å². The largest absolute Gasteiger partial charge is 0.294 e. The summed E-state index contributed by atoms with van der Waals surface area (Å²) >= 11 is 0. The van der Waals surface area contributed by atoms with Crippen molar-refractivity contribution in [3.8, 4) is 0 Å².